The lowest BCUT2D eigenvalue weighted by Crippen LogP contribution is -2.40. The number of para-hydroxylation sites is 1. The van der Waals surface area contributed by atoms with Crippen molar-refractivity contribution in [3.05, 3.63) is 59.4 Å². The average Bonchev–Trinajstić information content (AvgIpc) is 3.03. The van der Waals surface area contributed by atoms with Crippen LogP contribution in [0.5, 0.6) is 11.5 Å². The molecule has 1 heterocycles. The molecule has 1 aliphatic heterocycles. The first-order valence-electron chi connectivity index (χ1n) is 8.45. The molecule has 0 bridgehead atoms. The Morgan fingerprint density at radius 2 is 2.04 bits per heavy atom. The van der Waals surface area contributed by atoms with E-state index in [1.165, 1.54) is 24.1 Å². The van der Waals surface area contributed by atoms with Gasteiger partial charge in [0, 0.05) is 12.1 Å². The second-order valence-electron chi connectivity index (χ2n) is 6.60. The maximum absolute atomic E-state index is 13.8. The summed E-state index contributed by atoms with van der Waals surface area (Å²) in [5, 5.41) is 10.7. The molecule has 1 fully saturated rings. The number of benzene rings is 2. The van der Waals surface area contributed by atoms with Crippen molar-refractivity contribution in [1.29, 1.82) is 0 Å². The zero-order chi connectivity index (χ0) is 18.7. The second kappa shape index (κ2) is 7.33. The van der Waals surface area contributed by atoms with Crippen LogP contribution in [-0.2, 0) is 0 Å². The highest BCUT2D eigenvalue weighted by molar-refractivity contribution is 5.94. The molecule has 1 atom stereocenters. The Bertz CT molecular complexity index is 810. The van der Waals surface area contributed by atoms with E-state index in [1.807, 2.05) is 31.2 Å². The monoisotopic (exact) mass is 359 g/mol. The number of aryl methyl sites for hydroxylation is 1. The van der Waals surface area contributed by atoms with Gasteiger partial charge in [0.25, 0.3) is 5.91 Å². The third-order valence-electron chi connectivity index (χ3n) is 4.61. The van der Waals surface area contributed by atoms with Gasteiger partial charge in [-0.1, -0.05) is 18.2 Å². The molecule has 0 aromatic heterocycles. The van der Waals surface area contributed by atoms with Gasteiger partial charge in [-0.05, 0) is 43.2 Å². The fourth-order valence-electron chi connectivity index (χ4n) is 3.06. The molecule has 2 aromatic rings. The quantitative estimate of drug-likeness (QED) is 0.892. The summed E-state index contributed by atoms with van der Waals surface area (Å²) in [5.74, 6) is -0.108. The van der Waals surface area contributed by atoms with E-state index in [-0.39, 0.29) is 30.4 Å². The molecule has 0 radical (unpaired) electrons. The molecule has 138 valence electrons. The molecule has 6 heteroatoms. The maximum atomic E-state index is 13.8. The SMILES string of the molecule is COc1ccc(C(=O)N2CC[C@@](O)(COc3ccccc3C)C2)cc1F. The van der Waals surface area contributed by atoms with Crippen LogP contribution in [0, 0.1) is 12.7 Å². The number of carbonyl (C=O) groups is 1. The van der Waals surface area contributed by atoms with Gasteiger partial charge < -0.3 is 19.5 Å². The molecule has 0 spiro atoms. The standard InChI is InChI=1S/C20H22FNO4/c1-14-5-3-4-6-17(14)26-13-20(24)9-10-22(12-20)19(23)15-7-8-18(25-2)16(21)11-15/h3-8,11,24H,9-10,12-13H2,1-2H3/t20-/m0/s1. The summed E-state index contributed by atoms with van der Waals surface area (Å²) in [4.78, 5) is 14.1. The van der Waals surface area contributed by atoms with E-state index < -0.39 is 11.4 Å². The van der Waals surface area contributed by atoms with Gasteiger partial charge in [-0.25, -0.2) is 4.39 Å². The lowest BCUT2D eigenvalue weighted by molar-refractivity contribution is 0.00412. The minimum absolute atomic E-state index is 0.0890. The average molecular weight is 359 g/mol. The van der Waals surface area contributed by atoms with Gasteiger partial charge in [0.1, 0.15) is 18.0 Å². The number of aliphatic hydroxyl groups is 1. The van der Waals surface area contributed by atoms with Crippen molar-refractivity contribution in [1.82, 2.24) is 4.90 Å². The van der Waals surface area contributed by atoms with Crippen LogP contribution in [-0.4, -0.2) is 48.3 Å². The van der Waals surface area contributed by atoms with E-state index in [0.717, 1.165) is 11.6 Å². The molecule has 2 aromatic carbocycles. The first kappa shape index (κ1) is 18.2. The molecule has 0 saturated carbocycles. The van der Waals surface area contributed by atoms with E-state index >= 15 is 0 Å². The highest BCUT2D eigenvalue weighted by Gasteiger charge is 2.39. The summed E-state index contributed by atoms with van der Waals surface area (Å²) in [7, 11) is 1.37. The van der Waals surface area contributed by atoms with Crippen molar-refractivity contribution < 1.29 is 23.8 Å². The fraction of sp³-hybridized carbons (Fsp3) is 0.350. The molecular formula is C20H22FNO4. The number of amides is 1. The number of β-amino-alcohol motifs (C(OH)–C–C–N with tert-alkyl or cyclic N) is 1. The molecule has 5 nitrogen and oxygen atoms in total. The topological polar surface area (TPSA) is 59.0 Å². The molecule has 1 saturated heterocycles. The maximum Gasteiger partial charge on any atom is 0.254 e. The zero-order valence-electron chi connectivity index (χ0n) is 14.9. The molecule has 1 aliphatic rings. The van der Waals surface area contributed by atoms with Crippen molar-refractivity contribution in [3.8, 4) is 11.5 Å². The molecule has 0 unspecified atom stereocenters. The third kappa shape index (κ3) is 3.80. The molecule has 1 N–H and O–H groups in total. The Labute approximate surface area is 152 Å². The number of hydrogen-bond acceptors (Lipinski definition) is 4. The lowest BCUT2D eigenvalue weighted by Gasteiger charge is -2.24. The number of methoxy groups -OCH3 is 1. The normalized spacial score (nSPS) is 19.5. The minimum Gasteiger partial charge on any atom is -0.494 e. The van der Waals surface area contributed by atoms with Crippen LogP contribution < -0.4 is 9.47 Å². The summed E-state index contributed by atoms with van der Waals surface area (Å²) in [6.45, 7) is 2.56. The summed E-state index contributed by atoms with van der Waals surface area (Å²) in [6, 6.07) is 11.7. The van der Waals surface area contributed by atoms with E-state index in [2.05, 4.69) is 0 Å². The molecule has 26 heavy (non-hydrogen) atoms. The van der Waals surface area contributed by atoms with Crippen molar-refractivity contribution >= 4 is 5.91 Å². The summed E-state index contributed by atoms with van der Waals surface area (Å²) in [5.41, 5.74) is 0.0891. The Morgan fingerprint density at radius 1 is 1.27 bits per heavy atom. The van der Waals surface area contributed by atoms with Crippen molar-refractivity contribution in [2.75, 3.05) is 26.8 Å². The number of rotatable bonds is 5. The predicted octanol–water partition coefficient (Wildman–Crippen LogP) is 2.80. The third-order valence-corrected chi connectivity index (χ3v) is 4.61. The van der Waals surface area contributed by atoms with Crippen LogP contribution in [0.1, 0.15) is 22.3 Å². The molecular weight excluding hydrogens is 337 g/mol. The predicted molar refractivity (Wildman–Crippen MR) is 95.1 cm³/mol. The summed E-state index contributed by atoms with van der Waals surface area (Å²) < 4.78 is 24.4. The lowest BCUT2D eigenvalue weighted by atomic mass is 10.1. The largest absolute Gasteiger partial charge is 0.494 e. The van der Waals surface area contributed by atoms with Gasteiger partial charge in [-0.15, -0.1) is 0 Å². The van der Waals surface area contributed by atoms with Gasteiger partial charge in [-0.2, -0.15) is 0 Å². The Balaban J connectivity index is 1.64. The number of likely N-dealkylation sites (tertiary alicyclic amines) is 1. The molecule has 1 amide bonds. The zero-order valence-corrected chi connectivity index (χ0v) is 14.9. The van der Waals surface area contributed by atoms with Crippen molar-refractivity contribution in [3.63, 3.8) is 0 Å². The Hall–Kier alpha value is -2.60. The number of nitrogens with zero attached hydrogens (tertiary/aromatic N) is 1. The molecule has 0 aliphatic carbocycles. The van der Waals surface area contributed by atoms with Crippen molar-refractivity contribution in [2.24, 2.45) is 0 Å². The summed E-state index contributed by atoms with van der Waals surface area (Å²) in [6.07, 6.45) is 0.406. The van der Waals surface area contributed by atoms with Crippen LogP contribution in [0.4, 0.5) is 4.39 Å². The van der Waals surface area contributed by atoms with E-state index in [0.29, 0.717) is 18.7 Å². The smallest absolute Gasteiger partial charge is 0.254 e. The number of ether oxygens (including phenoxy) is 2. The van der Waals surface area contributed by atoms with E-state index in [9.17, 15) is 14.3 Å². The van der Waals surface area contributed by atoms with Gasteiger partial charge in [-0.3, -0.25) is 4.79 Å². The van der Waals surface area contributed by atoms with Gasteiger partial charge in [0.15, 0.2) is 11.6 Å². The minimum atomic E-state index is -1.12. The second-order valence-corrected chi connectivity index (χ2v) is 6.60. The van der Waals surface area contributed by atoms with Crippen molar-refractivity contribution in [2.45, 2.75) is 18.9 Å². The highest BCUT2D eigenvalue weighted by Crippen LogP contribution is 2.26. The first-order valence-corrected chi connectivity index (χ1v) is 8.45. The summed E-state index contributed by atoms with van der Waals surface area (Å²) >= 11 is 0. The van der Waals surface area contributed by atoms with E-state index in [4.69, 9.17) is 9.47 Å². The Kier molecular flexibility index (Phi) is 5.13. The first-order chi connectivity index (χ1) is 12.4. The number of hydrogen-bond donors (Lipinski definition) is 1. The number of halogens is 1. The van der Waals surface area contributed by atoms with Crippen LogP contribution in [0.3, 0.4) is 0 Å². The number of carbonyl (C=O) groups excluding carboxylic acids is 1. The van der Waals surface area contributed by atoms with Gasteiger partial charge in [0.2, 0.25) is 0 Å². The van der Waals surface area contributed by atoms with Crippen LogP contribution in [0.15, 0.2) is 42.5 Å². The van der Waals surface area contributed by atoms with Gasteiger partial charge >= 0.3 is 0 Å². The van der Waals surface area contributed by atoms with Gasteiger partial charge in [0.05, 0.1) is 13.7 Å². The van der Waals surface area contributed by atoms with E-state index in [1.54, 1.807) is 0 Å². The van der Waals surface area contributed by atoms with Crippen LogP contribution in [0.25, 0.3) is 0 Å². The molecule has 3 rings (SSSR count). The Morgan fingerprint density at radius 3 is 2.73 bits per heavy atom. The highest BCUT2D eigenvalue weighted by atomic mass is 19.1. The fourth-order valence-corrected chi connectivity index (χ4v) is 3.06. The van der Waals surface area contributed by atoms with Crippen LogP contribution >= 0.6 is 0 Å². The van der Waals surface area contributed by atoms with Crippen LogP contribution in [0.2, 0.25) is 0 Å².